The van der Waals surface area contributed by atoms with Crippen LogP contribution in [0.3, 0.4) is 0 Å². The number of benzene rings is 2. The summed E-state index contributed by atoms with van der Waals surface area (Å²) in [5, 5.41) is 0. The number of hydrogen-bond donors (Lipinski definition) is 0. The van der Waals surface area contributed by atoms with Gasteiger partial charge in [0.1, 0.15) is 5.82 Å². The Morgan fingerprint density at radius 3 is 2.11 bits per heavy atom. The van der Waals surface area contributed by atoms with Crippen LogP contribution < -0.4 is 0 Å². The van der Waals surface area contributed by atoms with Crippen molar-refractivity contribution in [2.45, 2.75) is 25.1 Å². The van der Waals surface area contributed by atoms with E-state index in [-0.39, 0.29) is 10.6 Å². The lowest BCUT2D eigenvalue weighted by atomic mass is 10.0. The molecule has 2 rings (SSSR count). The van der Waals surface area contributed by atoms with Gasteiger partial charge in [-0.2, -0.15) is 0 Å². The van der Waals surface area contributed by atoms with Crippen LogP contribution in [0.4, 0.5) is 4.39 Å². The summed E-state index contributed by atoms with van der Waals surface area (Å²) >= 11 is 3.72. The Balaban J connectivity index is 2.16. The Kier molecular flexibility index (Phi) is 4.18. The van der Waals surface area contributed by atoms with Crippen molar-refractivity contribution in [1.82, 2.24) is 0 Å². The van der Waals surface area contributed by atoms with Crippen LogP contribution in [0.15, 0.2) is 42.5 Å². The summed E-state index contributed by atoms with van der Waals surface area (Å²) in [6.07, 6.45) is 0.864. The van der Waals surface area contributed by atoms with Crippen molar-refractivity contribution in [2.24, 2.45) is 0 Å². The van der Waals surface area contributed by atoms with E-state index in [0.29, 0.717) is 0 Å². The second-order valence-electron chi connectivity index (χ2n) is 4.72. The van der Waals surface area contributed by atoms with Gasteiger partial charge in [0.25, 0.3) is 0 Å². The summed E-state index contributed by atoms with van der Waals surface area (Å²) in [5.74, 6) is -0.184. The molecule has 0 aliphatic heterocycles. The molecule has 0 aliphatic rings. The minimum atomic E-state index is -0.184. The summed E-state index contributed by atoms with van der Waals surface area (Å²) in [6, 6.07) is 13.2. The molecule has 0 saturated carbocycles. The molecular formula is C16H16BrF. The van der Waals surface area contributed by atoms with Crippen LogP contribution in [0.2, 0.25) is 0 Å². The molecule has 2 aromatic rings. The van der Waals surface area contributed by atoms with Gasteiger partial charge in [-0.25, -0.2) is 4.39 Å². The molecule has 0 spiro atoms. The highest BCUT2D eigenvalue weighted by molar-refractivity contribution is 9.09. The molecule has 0 saturated heterocycles. The van der Waals surface area contributed by atoms with Crippen LogP contribution in [-0.4, -0.2) is 0 Å². The lowest BCUT2D eigenvalue weighted by molar-refractivity contribution is 0.627. The average Bonchev–Trinajstić information content (AvgIpc) is 2.31. The normalized spacial score (nSPS) is 12.4. The molecule has 1 atom stereocenters. The van der Waals surface area contributed by atoms with Crippen molar-refractivity contribution >= 4 is 15.9 Å². The van der Waals surface area contributed by atoms with Crippen LogP contribution in [0.5, 0.6) is 0 Å². The van der Waals surface area contributed by atoms with Crippen LogP contribution in [0, 0.1) is 19.7 Å². The molecule has 0 bridgehead atoms. The van der Waals surface area contributed by atoms with E-state index in [1.807, 2.05) is 12.1 Å². The average molecular weight is 307 g/mol. The standard InChI is InChI=1S/C16H16BrF/c1-11-7-12(2)9-14(8-11)16(17)10-13-3-5-15(18)6-4-13/h3-9,16H,10H2,1-2H3. The Bertz CT molecular complexity index is 511. The maximum absolute atomic E-state index is 12.8. The van der Waals surface area contributed by atoms with Crippen molar-refractivity contribution in [3.8, 4) is 0 Å². The summed E-state index contributed by atoms with van der Waals surface area (Å²) in [6.45, 7) is 4.21. The Hall–Kier alpha value is -1.15. The quantitative estimate of drug-likeness (QED) is 0.690. The minimum absolute atomic E-state index is 0.184. The lowest BCUT2D eigenvalue weighted by Crippen LogP contribution is -1.97. The van der Waals surface area contributed by atoms with Gasteiger partial charge in [0.2, 0.25) is 0 Å². The van der Waals surface area contributed by atoms with Gasteiger partial charge in [0.15, 0.2) is 0 Å². The number of halogens is 2. The second-order valence-corrected chi connectivity index (χ2v) is 5.82. The van der Waals surface area contributed by atoms with E-state index in [1.165, 1.54) is 28.8 Å². The highest BCUT2D eigenvalue weighted by Crippen LogP contribution is 2.28. The molecule has 2 heteroatoms. The zero-order chi connectivity index (χ0) is 13.1. The number of rotatable bonds is 3. The molecule has 0 aliphatic carbocycles. The predicted molar refractivity (Wildman–Crippen MR) is 77.7 cm³/mol. The summed E-state index contributed by atoms with van der Waals surface area (Å²) in [5.41, 5.74) is 4.95. The third-order valence-corrected chi connectivity index (χ3v) is 3.79. The van der Waals surface area contributed by atoms with E-state index in [1.54, 1.807) is 0 Å². The van der Waals surface area contributed by atoms with Gasteiger partial charge in [0, 0.05) is 4.83 Å². The third-order valence-electron chi connectivity index (χ3n) is 2.93. The largest absolute Gasteiger partial charge is 0.207 e. The SMILES string of the molecule is Cc1cc(C)cc(C(Br)Cc2ccc(F)cc2)c1. The number of alkyl halides is 1. The smallest absolute Gasteiger partial charge is 0.123 e. The van der Waals surface area contributed by atoms with E-state index in [4.69, 9.17) is 0 Å². The maximum Gasteiger partial charge on any atom is 0.123 e. The molecule has 0 fully saturated rings. The number of aryl methyl sites for hydroxylation is 2. The van der Waals surface area contributed by atoms with E-state index in [0.717, 1.165) is 12.0 Å². The lowest BCUT2D eigenvalue weighted by Gasteiger charge is -2.12. The van der Waals surface area contributed by atoms with Crippen molar-refractivity contribution in [3.05, 3.63) is 70.5 Å². The molecular weight excluding hydrogens is 291 g/mol. The van der Waals surface area contributed by atoms with Gasteiger partial charge >= 0.3 is 0 Å². The highest BCUT2D eigenvalue weighted by Gasteiger charge is 2.09. The van der Waals surface area contributed by atoms with Gasteiger partial charge in [0.05, 0.1) is 0 Å². The highest BCUT2D eigenvalue weighted by atomic mass is 79.9. The van der Waals surface area contributed by atoms with Crippen molar-refractivity contribution < 1.29 is 4.39 Å². The fourth-order valence-electron chi connectivity index (χ4n) is 2.14. The fraction of sp³-hybridized carbons (Fsp3) is 0.250. The third kappa shape index (κ3) is 3.42. The van der Waals surface area contributed by atoms with E-state index in [9.17, 15) is 4.39 Å². The van der Waals surface area contributed by atoms with Crippen LogP contribution in [0.25, 0.3) is 0 Å². The Labute approximate surface area is 116 Å². The first-order valence-corrected chi connectivity index (χ1v) is 6.93. The van der Waals surface area contributed by atoms with Gasteiger partial charge in [-0.15, -0.1) is 0 Å². The van der Waals surface area contributed by atoms with Crippen molar-refractivity contribution in [3.63, 3.8) is 0 Å². The first kappa shape index (κ1) is 13.3. The molecule has 0 radical (unpaired) electrons. The number of hydrogen-bond acceptors (Lipinski definition) is 0. The van der Waals surface area contributed by atoms with E-state index in [2.05, 4.69) is 48.0 Å². The second kappa shape index (κ2) is 5.66. The Morgan fingerprint density at radius 2 is 1.56 bits per heavy atom. The molecule has 2 aromatic carbocycles. The molecule has 0 heterocycles. The fourth-order valence-corrected chi connectivity index (χ4v) is 2.77. The molecule has 1 unspecified atom stereocenters. The van der Waals surface area contributed by atoms with E-state index >= 15 is 0 Å². The summed E-state index contributed by atoms with van der Waals surface area (Å²) in [4.78, 5) is 0.265. The summed E-state index contributed by atoms with van der Waals surface area (Å²) < 4.78 is 12.8. The molecule has 0 nitrogen and oxygen atoms in total. The van der Waals surface area contributed by atoms with Gasteiger partial charge in [-0.3, -0.25) is 0 Å². The topological polar surface area (TPSA) is 0 Å². The predicted octanol–water partition coefficient (Wildman–Crippen LogP) is 5.12. The minimum Gasteiger partial charge on any atom is -0.207 e. The first-order valence-electron chi connectivity index (χ1n) is 6.01. The van der Waals surface area contributed by atoms with Crippen LogP contribution in [0.1, 0.15) is 27.1 Å². The monoisotopic (exact) mass is 306 g/mol. The first-order chi connectivity index (χ1) is 8.54. The summed E-state index contributed by atoms with van der Waals surface area (Å²) in [7, 11) is 0. The Morgan fingerprint density at radius 1 is 1.00 bits per heavy atom. The van der Waals surface area contributed by atoms with Crippen LogP contribution >= 0.6 is 15.9 Å². The molecule has 0 aromatic heterocycles. The van der Waals surface area contributed by atoms with Crippen molar-refractivity contribution in [2.75, 3.05) is 0 Å². The van der Waals surface area contributed by atoms with Gasteiger partial charge < -0.3 is 0 Å². The molecule has 0 N–H and O–H groups in total. The molecule has 0 amide bonds. The van der Waals surface area contributed by atoms with Gasteiger partial charge in [-0.05, 0) is 43.5 Å². The van der Waals surface area contributed by atoms with Gasteiger partial charge in [-0.1, -0.05) is 57.4 Å². The zero-order valence-corrected chi connectivity index (χ0v) is 12.2. The van der Waals surface area contributed by atoms with E-state index < -0.39 is 0 Å². The maximum atomic E-state index is 12.8. The van der Waals surface area contributed by atoms with Crippen molar-refractivity contribution in [1.29, 1.82) is 0 Å². The molecule has 18 heavy (non-hydrogen) atoms. The molecule has 94 valence electrons. The zero-order valence-electron chi connectivity index (χ0n) is 10.6. The van der Waals surface area contributed by atoms with Crippen LogP contribution in [-0.2, 0) is 6.42 Å².